The summed E-state index contributed by atoms with van der Waals surface area (Å²) in [5.41, 5.74) is 0. The molecule has 0 saturated heterocycles. The average molecular weight is 211 g/mol. The van der Waals surface area contributed by atoms with Crippen LogP contribution in [0.4, 0.5) is 0 Å². The lowest BCUT2D eigenvalue weighted by Crippen LogP contribution is -2.38. The van der Waals surface area contributed by atoms with Gasteiger partial charge in [-0.05, 0) is 19.8 Å². The van der Waals surface area contributed by atoms with E-state index in [4.69, 9.17) is 6.42 Å². The number of hydrogen-bond acceptors (Lipinski definition) is 3. The number of terminal acetylenes is 1. The highest BCUT2D eigenvalue weighted by molar-refractivity contribution is 5.83. The number of amides is 1. The average Bonchev–Trinajstić information content (AvgIpc) is 2.23. The van der Waals surface area contributed by atoms with Crippen molar-refractivity contribution in [1.29, 1.82) is 0 Å². The van der Waals surface area contributed by atoms with E-state index in [2.05, 4.69) is 16.0 Å². The van der Waals surface area contributed by atoms with Crippen LogP contribution in [0.2, 0.25) is 0 Å². The summed E-state index contributed by atoms with van der Waals surface area (Å²) in [7, 11) is 1.29. The topological polar surface area (TPSA) is 55.4 Å². The lowest BCUT2D eigenvalue weighted by molar-refractivity contribution is -0.144. The molecule has 0 fully saturated rings. The summed E-state index contributed by atoms with van der Waals surface area (Å²) in [6.45, 7) is 1.59. The second kappa shape index (κ2) is 7.86. The zero-order valence-corrected chi connectivity index (χ0v) is 9.21. The molecule has 0 aromatic carbocycles. The fourth-order valence-electron chi connectivity index (χ4n) is 1.06. The van der Waals surface area contributed by atoms with Crippen molar-refractivity contribution in [2.75, 3.05) is 7.11 Å². The molecule has 84 valence electrons. The van der Waals surface area contributed by atoms with Gasteiger partial charge in [-0.1, -0.05) is 0 Å². The van der Waals surface area contributed by atoms with E-state index in [1.807, 2.05) is 0 Å². The SMILES string of the molecule is C#CCCCCC(=O)NC(C)C(=O)OC. The van der Waals surface area contributed by atoms with Gasteiger partial charge in [0.05, 0.1) is 7.11 Å². The van der Waals surface area contributed by atoms with Gasteiger partial charge >= 0.3 is 5.97 Å². The summed E-state index contributed by atoms with van der Waals surface area (Å²) in [5, 5.41) is 2.54. The monoisotopic (exact) mass is 211 g/mol. The highest BCUT2D eigenvalue weighted by atomic mass is 16.5. The summed E-state index contributed by atoms with van der Waals surface area (Å²) in [5.74, 6) is 1.92. The number of carbonyl (C=O) groups is 2. The first-order chi connectivity index (χ1) is 7.11. The molecule has 0 radical (unpaired) electrons. The minimum atomic E-state index is -0.588. The van der Waals surface area contributed by atoms with Crippen molar-refractivity contribution in [1.82, 2.24) is 5.32 Å². The van der Waals surface area contributed by atoms with Crippen LogP contribution in [0.15, 0.2) is 0 Å². The van der Waals surface area contributed by atoms with E-state index in [1.165, 1.54) is 7.11 Å². The molecule has 1 atom stereocenters. The van der Waals surface area contributed by atoms with E-state index in [-0.39, 0.29) is 5.91 Å². The second-order valence-electron chi connectivity index (χ2n) is 3.22. The molecule has 15 heavy (non-hydrogen) atoms. The summed E-state index contributed by atoms with van der Waals surface area (Å²) < 4.78 is 4.48. The number of unbranched alkanes of at least 4 members (excludes halogenated alkanes) is 2. The number of esters is 1. The van der Waals surface area contributed by atoms with Gasteiger partial charge in [0.15, 0.2) is 0 Å². The van der Waals surface area contributed by atoms with Crippen LogP contribution in [0.1, 0.15) is 32.6 Å². The molecule has 0 spiro atoms. The predicted octanol–water partition coefficient (Wildman–Crippen LogP) is 0.858. The number of methoxy groups -OCH3 is 1. The van der Waals surface area contributed by atoms with Crippen molar-refractivity contribution in [2.24, 2.45) is 0 Å². The molecule has 1 N–H and O–H groups in total. The molecule has 0 aromatic rings. The number of carbonyl (C=O) groups excluding carboxylic acids is 2. The summed E-state index contributed by atoms with van der Waals surface area (Å²) in [6.07, 6.45) is 7.71. The maximum absolute atomic E-state index is 11.3. The Hall–Kier alpha value is -1.50. The van der Waals surface area contributed by atoms with Gasteiger partial charge in [-0.2, -0.15) is 0 Å². The van der Waals surface area contributed by atoms with Crippen LogP contribution in [0, 0.1) is 12.3 Å². The number of rotatable bonds is 6. The van der Waals surface area contributed by atoms with Crippen molar-refractivity contribution in [3.63, 3.8) is 0 Å². The lowest BCUT2D eigenvalue weighted by Gasteiger charge is -2.10. The van der Waals surface area contributed by atoms with E-state index in [9.17, 15) is 9.59 Å². The van der Waals surface area contributed by atoms with Crippen LogP contribution in [0.25, 0.3) is 0 Å². The highest BCUT2D eigenvalue weighted by Gasteiger charge is 2.14. The standard InChI is InChI=1S/C11H17NO3/c1-4-5-6-7-8-10(13)12-9(2)11(14)15-3/h1,9H,5-8H2,2-3H3,(H,12,13). The molecule has 4 heteroatoms. The van der Waals surface area contributed by atoms with Gasteiger partial charge in [-0.3, -0.25) is 4.79 Å². The normalized spacial score (nSPS) is 11.3. The largest absolute Gasteiger partial charge is 0.467 e. The highest BCUT2D eigenvalue weighted by Crippen LogP contribution is 1.99. The molecule has 4 nitrogen and oxygen atoms in total. The zero-order chi connectivity index (χ0) is 11.7. The first kappa shape index (κ1) is 13.5. The van der Waals surface area contributed by atoms with Gasteiger partial charge in [0.2, 0.25) is 5.91 Å². The Morgan fingerprint density at radius 3 is 2.67 bits per heavy atom. The third kappa shape index (κ3) is 6.55. The third-order valence-electron chi connectivity index (χ3n) is 1.91. The molecule has 1 unspecified atom stereocenters. The van der Waals surface area contributed by atoms with Crippen LogP contribution in [-0.2, 0) is 14.3 Å². The summed E-state index contributed by atoms with van der Waals surface area (Å²) in [6, 6.07) is -0.588. The van der Waals surface area contributed by atoms with Crippen molar-refractivity contribution in [2.45, 2.75) is 38.6 Å². The Morgan fingerprint density at radius 2 is 2.13 bits per heavy atom. The van der Waals surface area contributed by atoms with Crippen LogP contribution in [0.3, 0.4) is 0 Å². The maximum atomic E-state index is 11.3. The van der Waals surface area contributed by atoms with Gasteiger partial charge in [0, 0.05) is 12.8 Å². The summed E-state index contributed by atoms with van der Waals surface area (Å²) in [4.78, 5) is 22.2. The fraction of sp³-hybridized carbons (Fsp3) is 0.636. The van der Waals surface area contributed by atoms with Crippen LogP contribution >= 0.6 is 0 Å². The van der Waals surface area contributed by atoms with Gasteiger partial charge in [-0.25, -0.2) is 4.79 Å². The predicted molar refractivity (Wildman–Crippen MR) is 56.9 cm³/mol. The quantitative estimate of drug-likeness (QED) is 0.403. The van der Waals surface area contributed by atoms with Gasteiger partial charge in [0.25, 0.3) is 0 Å². The Labute approximate surface area is 90.4 Å². The molecule has 1 amide bonds. The molecular formula is C11H17NO3. The maximum Gasteiger partial charge on any atom is 0.328 e. The van der Waals surface area contributed by atoms with E-state index in [0.717, 1.165) is 12.8 Å². The molecule has 0 saturated carbocycles. The Bertz CT molecular complexity index is 255. The van der Waals surface area contributed by atoms with Crippen LogP contribution in [0.5, 0.6) is 0 Å². The van der Waals surface area contributed by atoms with Gasteiger partial charge < -0.3 is 10.1 Å². The molecule has 0 aliphatic heterocycles. The molecule has 0 heterocycles. The van der Waals surface area contributed by atoms with E-state index >= 15 is 0 Å². The van der Waals surface area contributed by atoms with Crippen molar-refractivity contribution in [3.05, 3.63) is 0 Å². The molecular weight excluding hydrogens is 194 g/mol. The first-order valence-electron chi connectivity index (χ1n) is 4.92. The van der Waals surface area contributed by atoms with E-state index in [0.29, 0.717) is 12.8 Å². The van der Waals surface area contributed by atoms with Crippen LogP contribution < -0.4 is 5.32 Å². The fourth-order valence-corrected chi connectivity index (χ4v) is 1.06. The van der Waals surface area contributed by atoms with Crippen molar-refractivity contribution >= 4 is 11.9 Å². The number of ether oxygens (including phenoxy) is 1. The molecule has 0 aromatic heterocycles. The first-order valence-corrected chi connectivity index (χ1v) is 4.92. The van der Waals surface area contributed by atoms with E-state index < -0.39 is 12.0 Å². The smallest absolute Gasteiger partial charge is 0.328 e. The summed E-state index contributed by atoms with van der Waals surface area (Å²) >= 11 is 0. The van der Waals surface area contributed by atoms with Gasteiger partial charge in [0.1, 0.15) is 6.04 Å². The van der Waals surface area contributed by atoms with Crippen molar-refractivity contribution in [3.8, 4) is 12.3 Å². The molecule has 0 aliphatic carbocycles. The van der Waals surface area contributed by atoms with Gasteiger partial charge in [-0.15, -0.1) is 12.3 Å². The minimum Gasteiger partial charge on any atom is -0.467 e. The third-order valence-corrected chi connectivity index (χ3v) is 1.91. The lowest BCUT2D eigenvalue weighted by atomic mass is 10.2. The Morgan fingerprint density at radius 1 is 1.47 bits per heavy atom. The molecule has 0 bridgehead atoms. The molecule has 0 aliphatic rings. The minimum absolute atomic E-state index is 0.148. The Kier molecular flexibility index (Phi) is 7.08. The van der Waals surface area contributed by atoms with E-state index in [1.54, 1.807) is 6.92 Å². The second-order valence-corrected chi connectivity index (χ2v) is 3.22. The molecule has 0 rings (SSSR count). The Balaban J connectivity index is 3.65. The number of nitrogens with one attached hydrogen (secondary N) is 1. The van der Waals surface area contributed by atoms with Crippen molar-refractivity contribution < 1.29 is 14.3 Å². The van der Waals surface area contributed by atoms with Crippen LogP contribution in [-0.4, -0.2) is 25.0 Å². The number of hydrogen-bond donors (Lipinski definition) is 1. The zero-order valence-electron chi connectivity index (χ0n) is 9.21.